The fraction of sp³-hybridized carbons (Fsp3) is 0.529. The minimum atomic E-state index is -0.0985. The Morgan fingerprint density at radius 3 is 2.15 bits per heavy atom. The summed E-state index contributed by atoms with van der Waals surface area (Å²) in [6.07, 6.45) is 11.0. The van der Waals surface area contributed by atoms with Gasteiger partial charge in [-0.2, -0.15) is 0 Å². The van der Waals surface area contributed by atoms with Gasteiger partial charge in [-0.15, -0.1) is 0 Å². The van der Waals surface area contributed by atoms with Crippen LogP contribution in [0.5, 0.6) is 0 Å². The summed E-state index contributed by atoms with van der Waals surface area (Å²) in [4.78, 5) is 25.3. The van der Waals surface area contributed by atoms with Crippen LogP contribution in [0.25, 0.3) is 0 Å². The molecular formula is C17H20O3. The van der Waals surface area contributed by atoms with Crippen LogP contribution in [0.1, 0.15) is 44.9 Å². The zero-order valence-corrected chi connectivity index (χ0v) is 11.9. The molecule has 0 aliphatic heterocycles. The zero-order chi connectivity index (χ0) is 14.1. The van der Waals surface area contributed by atoms with Gasteiger partial charge < -0.3 is 4.74 Å². The van der Waals surface area contributed by atoms with Crippen molar-refractivity contribution in [2.24, 2.45) is 5.92 Å². The summed E-state index contributed by atoms with van der Waals surface area (Å²) >= 11 is 0. The Bertz CT molecular complexity index is 543. The van der Waals surface area contributed by atoms with Crippen LogP contribution >= 0.6 is 0 Å². The first-order valence-electron chi connectivity index (χ1n) is 7.52. The van der Waals surface area contributed by atoms with Crippen molar-refractivity contribution in [1.82, 2.24) is 0 Å². The van der Waals surface area contributed by atoms with E-state index >= 15 is 0 Å². The second-order valence-corrected chi connectivity index (χ2v) is 5.75. The number of ketones is 2. The summed E-state index contributed by atoms with van der Waals surface area (Å²) in [7, 11) is 1.50. The van der Waals surface area contributed by atoms with E-state index in [2.05, 4.69) is 0 Å². The van der Waals surface area contributed by atoms with E-state index < -0.39 is 0 Å². The highest BCUT2D eigenvalue weighted by Crippen LogP contribution is 2.39. The third-order valence-corrected chi connectivity index (χ3v) is 4.56. The number of rotatable bonds is 2. The quantitative estimate of drug-likeness (QED) is 0.775. The Kier molecular flexibility index (Phi) is 3.60. The monoisotopic (exact) mass is 272 g/mol. The molecule has 3 rings (SSSR count). The number of hydrogen-bond acceptors (Lipinski definition) is 3. The summed E-state index contributed by atoms with van der Waals surface area (Å²) < 4.78 is 5.33. The van der Waals surface area contributed by atoms with Crippen molar-refractivity contribution in [2.75, 3.05) is 7.11 Å². The fourth-order valence-corrected chi connectivity index (χ4v) is 3.56. The fourth-order valence-electron chi connectivity index (χ4n) is 3.56. The summed E-state index contributed by atoms with van der Waals surface area (Å²) in [5.74, 6) is 0.421. The molecule has 106 valence electrons. The molecule has 0 unspecified atom stereocenters. The third-order valence-electron chi connectivity index (χ3n) is 4.56. The van der Waals surface area contributed by atoms with Crippen LogP contribution < -0.4 is 0 Å². The average Bonchev–Trinajstić information content (AvgIpc) is 2.51. The number of Topliss-reactive ketones (excluding diaryl/α,β-unsaturated/α-hetero) is 2. The minimum Gasteiger partial charge on any atom is -0.492 e. The Labute approximate surface area is 119 Å². The maximum Gasteiger partial charge on any atom is 0.228 e. The lowest BCUT2D eigenvalue weighted by Crippen LogP contribution is -2.31. The molecule has 3 nitrogen and oxygen atoms in total. The number of fused-ring (bicyclic) bond motifs is 1. The highest BCUT2D eigenvalue weighted by Gasteiger charge is 2.39. The van der Waals surface area contributed by atoms with Crippen LogP contribution in [0.2, 0.25) is 0 Å². The van der Waals surface area contributed by atoms with Crippen LogP contribution in [0.3, 0.4) is 0 Å². The number of carbonyl (C=O) groups is 2. The van der Waals surface area contributed by atoms with Crippen LogP contribution in [0, 0.1) is 5.92 Å². The SMILES string of the molecule is COC1=C(C2CCCCC2)C(=O)C2=CCCC=C2C1=O. The predicted octanol–water partition coefficient (Wildman–Crippen LogP) is 3.27. The maximum atomic E-state index is 12.8. The zero-order valence-electron chi connectivity index (χ0n) is 11.9. The smallest absolute Gasteiger partial charge is 0.228 e. The van der Waals surface area contributed by atoms with Gasteiger partial charge in [0.25, 0.3) is 0 Å². The summed E-state index contributed by atoms with van der Waals surface area (Å²) in [6.45, 7) is 0. The second kappa shape index (κ2) is 5.39. The Balaban J connectivity index is 2.08. The molecule has 0 radical (unpaired) electrons. The molecule has 0 heterocycles. The van der Waals surface area contributed by atoms with Gasteiger partial charge in [-0.25, -0.2) is 0 Å². The van der Waals surface area contributed by atoms with E-state index in [0.717, 1.165) is 38.5 Å². The van der Waals surface area contributed by atoms with Crippen LogP contribution in [0.15, 0.2) is 34.6 Å². The molecule has 3 aliphatic rings. The van der Waals surface area contributed by atoms with Gasteiger partial charge in [0.15, 0.2) is 11.5 Å². The van der Waals surface area contributed by atoms with E-state index in [1.165, 1.54) is 13.5 Å². The van der Waals surface area contributed by atoms with Gasteiger partial charge in [-0.05, 0) is 31.6 Å². The molecule has 3 heteroatoms. The van der Waals surface area contributed by atoms with Gasteiger partial charge in [0, 0.05) is 16.7 Å². The number of allylic oxidation sites excluding steroid dienone is 5. The Hall–Kier alpha value is -1.64. The molecule has 0 spiro atoms. The molecule has 1 saturated carbocycles. The molecule has 0 aromatic rings. The Morgan fingerprint density at radius 2 is 1.55 bits per heavy atom. The van der Waals surface area contributed by atoms with Crippen LogP contribution in [-0.2, 0) is 14.3 Å². The largest absolute Gasteiger partial charge is 0.492 e. The van der Waals surface area contributed by atoms with Crippen LogP contribution in [0.4, 0.5) is 0 Å². The van der Waals surface area contributed by atoms with Gasteiger partial charge in [0.1, 0.15) is 0 Å². The molecule has 0 saturated heterocycles. The highest BCUT2D eigenvalue weighted by molar-refractivity contribution is 6.29. The van der Waals surface area contributed by atoms with Crippen molar-refractivity contribution in [3.05, 3.63) is 34.6 Å². The van der Waals surface area contributed by atoms with E-state index in [-0.39, 0.29) is 17.5 Å². The number of carbonyl (C=O) groups excluding carboxylic acids is 2. The lowest BCUT2D eigenvalue weighted by molar-refractivity contribution is -0.119. The molecule has 3 aliphatic carbocycles. The topological polar surface area (TPSA) is 43.4 Å². The van der Waals surface area contributed by atoms with E-state index in [4.69, 9.17) is 4.74 Å². The molecular weight excluding hydrogens is 252 g/mol. The van der Waals surface area contributed by atoms with Crippen molar-refractivity contribution in [3.8, 4) is 0 Å². The normalized spacial score (nSPS) is 24.2. The summed E-state index contributed by atoms with van der Waals surface area (Å²) in [5.41, 5.74) is 1.81. The molecule has 0 N–H and O–H groups in total. The van der Waals surface area contributed by atoms with Crippen molar-refractivity contribution in [1.29, 1.82) is 0 Å². The van der Waals surface area contributed by atoms with Gasteiger partial charge in [-0.1, -0.05) is 31.4 Å². The van der Waals surface area contributed by atoms with Crippen molar-refractivity contribution >= 4 is 11.6 Å². The standard InChI is InChI=1S/C17H20O3/c1-20-17-14(11-7-3-2-4-8-11)15(18)12-9-5-6-10-13(12)16(17)19/h9-11H,2-8H2,1H3. The third kappa shape index (κ3) is 2.05. The molecule has 0 aromatic carbocycles. The minimum absolute atomic E-state index is 0.0271. The van der Waals surface area contributed by atoms with E-state index in [1.807, 2.05) is 12.2 Å². The van der Waals surface area contributed by atoms with E-state index in [0.29, 0.717) is 22.5 Å². The van der Waals surface area contributed by atoms with E-state index in [9.17, 15) is 9.59 Å². The molecule has 1 fully saturated rings. The maximum absolute atomic E-state index is 12.8. The first kappa shape index (κ1) is 13.3. The average molecular weight is 272 g/mol. The second-order valence-electron chi connectivity index (χ2n) is 5.75. The van der Waals surface area contributed by atoms with E-state index in [1.54, 1.807) is 0 Å². The molecule has 0 aromatic heterocycles. The number of ether oxygens (including phenoxy) is 1. The molecule has 0 amide bonds. The molecule has 0 bridgehead atoms. The van der Waals surface area contributed by atoms with Gasteiger partial charge >= 0.3 is 0 Å². The summed E-state index contributed by atoms with van der Waals surface area (Å²) in [6, 6.07) is 0. The Morgan fingerprint density at radius 1 is 0.950 bits per heavy atom. The van der Waals surface area contributed by atoms with Crippen molar-refractivity contribution in [2.45, 2.75) is 44.9 Å². The van der Waals surface area contributed by atoms with Crippen molar-refractivity contribution in [3.63, 3.8) is 0 Å². The van der Waals surface area contributed by atoms with Gasteiger partial charge in [0.2, 0.25) is 5.78 Å². The molecule has 0 atom stereocenters. The first-order chi connectivity index (χ1) is 9.74. The summed E-state index contributed by atoms with van der Waals surface area (Å²) in [5, 5.41) is 0. The lowest BCUT2D eigenvalue weighted by atomic mass is 9.74. The lowest BCUT2D eigenvalue weighted by Gasteiger charge is -2.30. The molecule has 20 heavy (non-hydrogen) atoms. The number of methoxy groups -OCH3 is 1. The van der Waals surface area contributed by atoms with Crippen LogP contribution in [-0.4, -0.2) is 18.7 Å². The first-order valence-corrected chi connectivity index (χ1v) is 7.52. The number of hydrogen-bond donors (Lipinski definition) is 0. The van der Waals surface area contributed by atoms with Gasteiger partial charge in [-0.3, -0.25) is 9.59 Å². The van der Waals surface area contributed by atoms with Gasteiger partial charge in [0.05, 0.1) is 7.11 Å². The predicted molar refractivity (Wildman–Crippen MR) is 76.0 cm³/mol. The van der Waals surface area contributed by atoms with Crippen molar-refractivity contribution < 1.29 is 14.3 Å². The highest BCUT2D eigenvalue weighted by atomic mass is 16.5.